The Morgan fingerprint density at radius 1 is 1.00 bits per heavy atom. The molecule has 1 fully saturated rings. The number of amides is 1. The molecule has 0 aliphatic carbocycles. The molecule has 1 N–H and O–H groups in total. The van der Waals surface area contributed by atoms with E-state index in [1.807, 2.05) is 23.2 Å². The molecule has 2 aromatic rings. The van der Waals surface area contributed by atoms with E-state index in [1.165, 1.54) is 16.7 Å². The molecule has 0 spiro atoms. The molecule has 0 aromatic heterocycles. The number of benzene rings is 2. The molecule has 1 aliphatic heterocycles. The lowest BCUT2D eigenvalue weighted by molar-refractivity contribution is -0.121. The molecule has 3 rings (SSSR count). The molecule has 20 heavy (non-hydrogen) atoms. The van der Waals surface area contributed by atoms with Crippen molar-refractivity contribution in [2.75, 3.05) is 6.54 Å². The van der Waals surface area contributed by atoms with Gasteiger partial charge in [-0.05, 0) is 18.1 Å². The highest BCUT2D eigenvalue weighted by molar-refractivity contribution is 5.77. The maximum absolute atomic E-state index is 11.5. The van der Waals surface area contributed by atoms with E-state index in [0.717, 1.165) is 6.54 Å². The molecule has 2 aromatic carbocycles. The summed E-state index contributed by atoms with van der Waals surface area (Å²) in [6.45, 7) is 2.82. The zero-order chi connectivity index (χ0) is 13.9. The standard InChI is InChI=1S/C17H18N2O/c1-13-7-9-15(10-8-13)17(14-5-3-2-4-6-14)19-12-11-16(20)18-19/h2-10,17H,11-12H2,1H3,(H,18,20)/t17-/m1/s1. The van der Waals surface area contributed by atoms with Crippen molar-refractivity contribution in [3.8, 4) is 0 Å². The van der Waals surface area contributed by atoms with Gasteiger partial charge in [0.15, 0.2) is 0 Å². The summed E-state index contributed by atoms with van der Waals surface area (Å²) < 4.78 is 0. The number of rotatable bonds is 3. The first-order chi connectivity index (χ1) is 9.74. The van der Waals surface area contributed by atoms with Gasteiger partial charge in [-0.25, -0.2) is 5.01 Å². The molecule has 1 saturated heterocycles. The highest BCUT2D eigenvalue weighted by Crippen LogP contribution is 2.29. The number of aryl methyl sites for hydroxylation is 1. The SMILES string of the molecule is Cc1ccc([C@@H](c2ccccc2)N2CCC(=O)N2)cc1. The fraction of sp³-hybridized carbons (Fsp3) is 0.235. The Hall–Kier alpha value is -2.13. The van der Waals surface area contributed by atoms with Gasteiger partial charge >= 0.3 is 0 Å². The minimum atomic E-state index is 0.0725. The summed E-state index contributed by atoms with van der Waals surface area (Å²) in [7, 11) is 0. The molecule has 102 valence electrons. The van der Waals surface area contributed by atoms with E-state index in [1.54, 1.807) is 0 Å². The fourth-order valence-electron chi connectivity index (χ4n) is 2.62. The van der Waals surface area contributed by atoms with Crippen LogP contribution < -0.4 is 5.43 Å². The maximum atomic E-state index is 11.5. The Morgan fingerprint density at radius 3 is 2.25 bits per heavy atom. The van der Waals surface area contributed by atoms with Crippen LogP contribution in [0.3, 0.4) is 0 Å². The minimum absolute atomic E-state index is 0.0725. The van der Waals surface area contributed by atoms with Crippen molar-refractivity contribution >= 4 is 5.91 Å². The van der Waals surface area contributed by atoms with Crippen molar-refractivity contribution < 1.29 is 4.79 Å². The molecule has 3 heteroatoms. The third-order valence-corrected chi connectivity index (χ3v) is 3.67. The van der Waals surface area contributed by atoms with Crippen LogP contribution in [0.5, 0.6) is 0 Å². The minimum Gasteiger partial charge on any atom is -0.288 e. The van der Waals surface area contributed by atoms with Gasteiger partial charge < -0.3 is 0 Å². The van der Waals surface area contributed by atoms with Gasteiger partial charge in [0.1, 0.15) is 0 Å². The van der Waals surface area contributed by atoms with Crippen LogP contribution in [0, 0.1) is 6.92 Å². The smallest absolute Gasteiger partial charge is 0.235 e. The summed E-state index contributed by atoms with van der Waals surface area (Å²) in [5, 5.41) is 2.03. The van der Waals surface area contributed by atoms with E-state index in [4.69, 9.17) is 0 Å². The third kappa shape index (κ3) is 2.58. The van der Waals surface area contributed by atoms with Crippen molar-refractivity contribution in [3.05, 3.63) is 71.3 Å². The van der Waals surface area contributed by atoms with Gasteiger partial charge in [0.05, 0.1) is 6.04 Å². The van der Waals surface area contributed by atoms with E-state index in [-0.39, 0.29) is 11.9 Å². The monoisotopic (exact) mass is 266 g/mol. The second-order valence-electron chi connectivity index (χ2n) is 5.20. The number of hydrogen-bond acceptors (Lipinski definition) is 2. The molecule has 0 saturated carbocycles. The Balaban J connectivity index is 1.99. The lowest BCUT2D eigenvalue weighted by atomic mass is 9.97. The van der Waals surface area contributed by atoms with Crippen LogP contribution >= 0.6 is 0 Å². The summed E-state index contributed by atoms with van der Waals surface area (Å²) in [6.07, 6.45) is 0.565. The van der Waals surface area contributed by atoms with Gasteiger partial charge in [0, 0.05) is 13.0 Å². The highest BCUT2D eigenvalue weighted by atomic mass is 16.2. The fourth-order valence-corrected chi connectivity index (χ4v) is 2.62. The largest absolute Gasteiger partial charge is 0.288 e. The van der Waals surface area contributed by atoms with Crippen LogP contribution in [-0.4, -0.2) is 17.5 Å². The number of nitrogens with zero attached hydrogens (tertiary/aromatic N) is 1. The molecule has 0 bridgehead atoms. The van der Waals surface area contributed by atoms with Crippen LogP contribution in [-0.2, 0) is 4.79 Å². The van der Waals surface area contributed by atoms with Crippen LogP contribution in [0.15, 0.2) is 54.6 Å². The van der Waals surface area contributed by atoms with Crippen molar-refractivity contribution in [1.29, 1.82) is 0 Å². The number of carbonyl (C=O) groups excluding carboxylic acids is 1. The Bertz CT molecular complexity index is 592. The van der Waals surface area contributed by atoms with Crippen LogP contribution in [0.1, 0.15) is 29.2 Å². The van der Waals surface area contributed by atoms with Gasteiger partial charge in [-0.15, -0.1) is 0 Å². The molecular formula is C17H18N2O. The molecule has 1 atom stereocenters. The van der Waals surface area contributed by atoms with E-state index < -0.39 is 0 Å². The average Bonchev–Trinajstić information content (AvgIpc) is 2.89. The van der Waals surface area contributed by atoms with Crippen molar-refractivity contribution in [3.63, 3.8) is 0 Å². The zero-order valence-corrected chi connectivity index (χ0v) is 11.5. The number of hydrogen-bond donors (Lipinski definition) is 1. The normalized spacial score (nSPS) is 16.9. The predicted molar refractivity (Wildman–Crippen MR) is 78.9 cm³/mol. The number of carbonyl (C=O) groups is 1. The second kappa shape index (κ2) is 5.47. The lowest BCUT2D eigenvalue weighted by Crippen LogP contribution is -2.37. The molecular weight excluding hydrogens is 248 g/mol. The molecule has 1 amide bonds. The highest BCUT2D eigenvalue weighted by Gasteiger charge is 2.28. The summed E-state index contributed by atoms with van der Waals surface area (Å²) in [5.74, 6) is 0.0954. The topological polar surface area (TPSA) is 32.3 Å². The van der Waals surface area contributed by atoms with Gasteiger partial charge in [-0.1, -0.05) is 60.2 Å². The van der Waals surface area contributed by atoms with E-state index in [9.17, 15) is 4.79 Å². The summed E-state index contributed by atoms with van der Waals surface area (Å²) in [6, 6.07) is 18.9. The van der Waals surface area contributed by atoms with Gasteiger partial charge in [0.25, 0.3) is 0 Å². The van der Waals surface area contributed by atoms with Crippen molar-refractivity contribution in [2.45, 2.75) is 19.4 Å². The number of hydrazine groups is 1. The van der Waals surface area contributed by atoms with Crippen LogP contribution in [0.4, 0.5) is 0 Å². The summed E-state index contributed by atoms with van der Waals surface area (Å²) in [4.78, 5) is 11.5. The average molecular weight is 266 g/mol. The quantitative estimate of drug-likeness (QED) is 0.926. The lowest BCUT2D eigenvalue weighted by Gasteiger charge is -2.28. The first kappa shape index (κ1) is 12.9. The Kier molecular flexibility index (Phi) is 3.52. The second-order valence-corrected chi connectivity index (χ2v) is 5.20. The van der Waals surface area contributed by atoms with E-state index >= 15 is 0 Å². The molecule has 0 unspecified atom stereocenters. The first-order valence-electron chi connectivity index (χ1n) is 6.92. The van der Waals surface area contributed by atoms with E-state index in [0.29, 0.717) is 6.42 Å². The van der Waals surface area contributed by atoms with Crippen molar-refractivity contribution in [1.82, 2.24) is 10.4 Å². The molecule has 1 heterocycles. The summed E-state index contributed by atoms with van der Waals surface area (Å²) in [5.41, 5.74) is 6.59. The zero-order valence-electron chi connectivity index (χ0n) is 11.5. The summed E-state index contributed by atoms with van der Waals surface area (Å²) >= 11 is 0. The van der Waals surface area contributed by atoms with Crippen molar-refractivity contribution in [2.24, 2.45) is 0 Å². The number of nitrogens with one attached hydrogen (secondary N) is 1. The van der Waals surface area contributed by atoms with E-state index in [2.05, 4.69) is 48.7 Å². The van der Waals surface area contributed by atoms with Gasteiger partial charge in [0.2, 0.25) is 5.91 Å². The van der Waals surface area contributed by atoms with Gasteiger partial charge in [-0.3, -0.25) is 10.2 Å². The van der Waals surface area contributed by atoms with Crippen LogP contribution in [0.25, 0.3) is 0 Å². The van der Waals surface area contributed by atoms with Gasteiger partial charge in [-0.2, -0.15) is 0 Å². The Labute approximate surface area is 119 Å². The van der Waals surface area contributed by atoms with Crippen LogP contribution in [0.2, 0.25) is 0 Å². The third-order valence-electron chi connectivity index (χ3n) is 3.67. The molecule has 1 aliphatic rings. The first-order valence-corrected chi connectivity index (χ1v) is 6.92. The Morgan fingerprint density at radius 2 is 1.65 bits per heavy atom. The molecule has 3 nitrogen and oxygen atoms in total. The predicted octanol–water partition coefficient (Wildman–Crippen LogP) is 2.82. The maximum Gasteiger partial charge on any atom is 0.235 e. The molecule has 0 radical (unpaired) electrons.